The fourth-order valence-electron chi connectivity index (χ4n) is 0.425. The zero-order chi connectivity index (χ0) is 12.8. The van der Waals surface area contributed by atoms with Gasteiger partial charge in [-0.2, -0.15) is 17.2 Å². The first-order chi connectivity index (χ1) is 7.19. The molecule has 0 fully saturated rings. The van der Waals surface area contributed by atoms with Crippen molar-refractivity contribution in [1.29, 1.82) is 0 Å². The fraction of sp³-hybridized carbons (Fsp3) is 0.286. The second-order valence-corrected chi connectivity index (χ2v) is 3.86. The standard InChI is InChI=1S/C5H5N.C2H2F4O3S/c1-2-4-6-5-3-1;3-1(4)2(5,6)10(7,8)9/h1-5H;1H,(H,7,8,9). The maximum atomic E-state index is 11.5. The summed E-state index contributed by atoms with van der Waals surface area (Å²) < 4.78 is 71.3. The Hall–Kier alpha value is -1.22. The molecule has 0 bridgehead atoms. The van der Waals surface area contributed by atoms with Crippen molar-refractivity contribution in [3.63, 3.8) is 0 Å². The van der Waals surface area contributed by atoms with E-state index in [1.807, 2.05) is 18.2 Å². The van der Waals surface area contributed by atoms with E-state index in [0.717, 1.165) is 0 Å². The first-order valence-electron chi connectivity index (χ1n) is 3.67. The largest absolute Gasteiger partial charge is 0.428 e. The number of aromatic nitrogens is 1. The zero-order valence-electron chi connectivity index (χ0n) is 7.60. The van der Waals surface area contributed by atoms with E-state index in [1.165, 1.54) is 0 Å². The number of hydrogen-bond acceptors (Lipinski definition) is 3. The summed E-state index contributed by atoms with van der Waals surface area (Å²) in [5, 5.41) is -5.37. The van der Waals surface area contributed by atoms with Gasteiger partial charge in [0, 0.05) is 12.4 Å². The van der Waals surface area contributed by atoms with Crippen LogP contribution in [-0.4, -0.2) is 29.6 Å². The summed E-state index contributed by atoms with van der Waals surface area (Å²) in [5.74, 6) is 0. The molecule has 0 aliphatic rings. The quantitative estimate of drug-likeness (QED) is 0.651. The lowest BCUT2D eigenvalue weighted by Crippen LogP contribution is -2.35. The van der Waals surface area contributed by atoms with Gasteiger partial charge in [-0.25, -0.2) is 8.78 Å². The number of rotatable bonds is 2. The van der Waals surface area contributed by atoms with E-state index in [1.54, 1.807) is 12.4 Å². The van der Waals surface area contributed by atoms with Crippen LogP contribution in [0, 0.1) is 0 Å². The summed E-state index contributed by atoms with van der Waals surface area (Å²) in [6.45, 7) is 0. The molecule has 1 aromatic heterocycles. The van der Waals surface area contributed by atoms with E-state index in [4.69, 9.17) is 4.55 Å². The van der Waals surface area contributed by atoms with Crippen molar-refractivity contribution < 1.29 is 30.5 Å². The number of halogens is 4. The highest BCUT2D eigenvalue weighted by Gasteiger charge is 2.53. The van der Waals surface area contributed by atoms with Gasteiger partial charge in [0.2, 0.25) is 0 Å². The van der Waals surface area contributed by atoms with Crippen molar-refractivity contribution in [1.82, 2.24) is 4.98 Å². The monoisotopic (exact) mass is 261 g/mol. The molecule has 0 spiro atoms. The molecular weight excluding hydrogens is 254 g/mol. The number of nitrogens with zero attached hydrogens (tertiary/aromatic N) is 1. The first-order valence-corrected chi connectivity index (χ1v) is 5.11. The SMILES string of the molecule is O=S(=O)(O)C(F)(F)C(F)F.c1ccncc1. The van der Waals surface area contributed by atoms with Crippen LogP contribution in [0.1, 0.15) is 0 Å². The average Bonchev–Trinajstić information content (AvgIpc) is 2.19. The summed E-state index contributed by atoms with van der Waals surface area (Å²) in [6.07, 6.45) is -0.914. The molecule has 1 aromatic rings. The van der Waals surface area contributed by atoms with Crippen LogP contribution >= 0.6 is 0 Å². The van der Waals surface area contributed by atoms with E-state index in [0.29, 0.717) is 0 Å². The summed E-state index contributed by atoms with van der Waals surface area (Å²) in [4.78, 5) is 3.78. The Labute approximate surface area is 88.7 Å². The van der Waals surface area contributed by atoms with Crippen LogP contribution in [0.2, 0.25) is 0 Å². The normalized spacial score (nSPS) is 11.9. The molecule has 1 rings (SSSR count). The van der Waals surface area contributed by atoms with Crippen LogP contribution in [-0.2, 0) is 10.1 Å². The van der Waals surface area contributed by atoms with E-state index in [9.17, 15) is 26.0 Å². The third-order valence-electron chi connectivity index (χ3n) is 1.16. The van der Waals surface area contributed by atoms with Crippen LogP contribution in [0.3, 0.4) is 0 Å². The lowest BCUT2D eigenvalue weighted by Gasteiger charge is -2.09. The van der Waals surface area contributed by atoms with E-state index in [2.05, 4.69) is 4.98 Å². The predicted molar refractivity (Wildman–Crippen MR) is 46.7 cm³/mol. The topological polar surface area (TPSA) is 67.3 Å². The van der Waals surface area contributed by atoms with Crippen LogP contribution in [0.4, 0.5) is 17.6 Å². The van der Waals surface area contributed by atoms with Crippen molar-refractivity contribution in [2.45, 2.75) is 11.7 Å². The van der Waals surface area contributed by atoms with Gasteiger partial charge in [-0.1, -0.05) is 6.07 Å². The molecule has 92 valence electrons. The number of alkyl halides is 4. The van der Waals surface area contributed by atoms with Crippen LogP contribution in [0.15, 0.2) is 30.6 Å². The van der Waals surface area contributed by atoms with Gasteiger partial charge < -0.3 is 0 Å². The minimum Gasteiger partial charge on any atom is -0.281 e. The molecular formula is C7H7F4NO3S. The minimum atomic E-state index is -5.98. The second-order valence-electron chi connectivity index (χ2n) is 2.36. The van der Waals surface area contributed by atoms with E-state index < -0.39 is 21.8 Å². The molecule has 0 unspecified atom stereocenters. The summed E-state index contributed by atoms with van der Waals surface area (Å²) in [5.41, 5.74) is 0. The Morgan fingerprint density at radius 3 is 1.62 bits per heavy atom. The Kier molecular flexibility index (Phi) is 5.31. The van der Waals surface area contributed by atoms with Crippen LogP contribution in [0.25, 0.3) is 0 Å². The van der Waals surface area contributed by atoms with Gasteiger partial charge in [0.15, 0.2) is 0 Å². The highest BCUT2D eigenvalue weighted by atomic mass is 32.2. The highest BCUT2D eigenvalue weighted by Crippen LogP contribution is 2.27. The summed E-state index contributed by atoms with van der Waals surface area (Å²) in [6, 6.07) is 5.72. The highest BCUT2D eigenvalue weighted by molar-refractivity contribution is 7.86. The molecule has 0 aliphatic heterocycles. The average molecular weight is 261 g/mol. The van der Waals surface area contributed by atoms with Crippen LogP contribution in [0.5, 0.6) is 0 Å². The van der Waals surface area contributed by atoms with Gasteiger partial charge in [-0.05, 0) is 12.1 Å². The van der Waals surface area contributed by atoms with Gasteiger partial charge in [-0.15, -0.1) is 0 Å². The van der Waals surface area contributed by atoms with Gasteiger partial charge >= 0.3 is 21.8 Å². The van der Waals surface area contributed by atoms with Crippen molar-refractivity contribution in [2.75, 3.05) is 0 Å². The molecule has 16 heavy (non-hydrogen) atoms. The predicted octanol–water partition coefficient (Wildman–Crippen LogP) is 1.81. The van der Waals surface area contributed by atoms with E-state index in [-0.39, 0.29) is 0 Å². The number of pyridine rings is 1. The Morgan fingerprint density at radius 1 is 1.12 bits per heavy atom. The fourth-order valence-corrected chi connectivity index (χ4v) is 0.650. The molecule has 0 aromatic carbocycles. The molecule has 1 heterocycles. The molecule has 0 atom stereocenters. The smallest absolute Gasteiger partial charge is 0.281 e. The van der Waals surface area contributed by atoms with Gasteiger partial charge in [-0.3, -0.25) is 9.54 Å². The van der Waals surface area contributed by atoms with Crippen molar-refractivity contribution >= 4 is 10.1 Å². The third kappa shape index (κ3) is 4.53. The maximum Gasteiger partial charge on any atom is 0.428 e. The maximum absolute atomic E-state index is 11.5. The lowest BCUT2D eigenvalue weighted by atomic mass is 10.5. The van der Waals surface area contributed by atoms with Crippen LogP contribution < -0.4 is 0 Å². The lowest BCUT2D eigenvalue weighted by molar-refractivity contribution is -0.0687. The molecule has 0 saturated heterocycles. The molecule has 0 saturated carbocycles. The zero-order valence-corrected chi connectivity index (χ0v) is 8.41. The molecule has 9 heteroatoms. The molecule has 1 N–H and O–H groups in total. The Balaban J connectivity index is 0.000000315. The molecule has 0 radical (unpaired) electrons. The second kappa shape index (κ2) is 5.75. The van der Waals surface area contributed by atoms with E-state index >= 15 is 0 Å². The first kappa shape index (κ1) is 14.8. The van der Waals surface area contributed by atoms with Crippen molar-refractivity contribution in [2.24, 2.45) is 0 Å². The van der Waals surface area contributed by atoms with Crippen molar-refractivity contribution in [3.8, 4) is 0 Å². The summed E-state index contributed by atoms with van der Waals surface area (Å²) in [7, 11) is -5.98. The van der Waals surface area contributed by atoms with Gasteiger partial charge in [0.1, 0.15) is 0 Å². The Morgan fingerprint density at radius 2 is 1.56 bits per heavy atom. The number of hydrogen-bond donors (Lipinski definition) is 1. The molecule has 0 aliphatic carbocycles. The minimum absolute atomic E-state index is 1.75. The Bertz CT molecular complexity index is 369. The van der Waals surface area contributed by atoms with Gasteiger partial charge in [0.05, 0.1) is 0 Å². The molecule has 4 nitrogen and oxygen atoms in total. The third-order valence-corrected chi connectivity index (χ3v) is 2.03. The van der Waals surface area contributed by atoms with Gasteiger partial charge in [0.25, 0.3) is 0 Å². The summed E-state index contributed by atoms with van der Waals surface area (Å²) >= 11 is 0. The molecule has 0 amide bonds. The van der Waals surface area contributed by atoms with Crippen molar-refractivity contribution in [3.05, 3.63) is 30.6 Å².